The molecule has 1 unspecified atom stereocenters. The largest absolute Gasteiger partial charge is 0.378 e. The zero-order valence-electron chi connectivity index (χ0n) is 11.2. The average molecular weight is 254 g/mol. The summed E-state index contributed by atoms with van der Waals surface area (Å²) in [5.74, 6) is 0.209. The summed E-state index contributed by atoms with van der Waals surface area (Å²) >= 11 is 0. The van der Waals surface area contributed by atoms with E-state index in [4.69, 9.17) is 4.74 Å². The van der Waals surface area contributed by atoms with Crippen LogP contribution in [0.5, 0.6) is 0 Å². The predicted octanol–water partition coefficient (Wildman–Crippen LogP) is 3.90. The number of ketones is 1. The Morgan fingerprint density at radius 1 is 1.26 bits per heavy atom. The van der Waals surface area contributed by atoms with E-state index in [1.165, 1.54) is 0 Å². The van der Waals surface area contributed by atoms with Gasteiger partial charge in [-0.15, -0.1) is 0 Å². The number of ether oxygens (including phenoxy) is 1. The third kappa shape index (κ3) is 2.41. The highest BCUT2D eigenvalue weighted by atomic mass is 16.5. The maximum absolute atomic E-state index is 12.6. The number of carbonyl (C=O) groups excluding carboxylic acids is 1. The van der Waals surface area contributed by atoms with Gasteiger partial charge in [0.2, 0.25) is 0 Å². The number of fused-ring (bicyclic) bond motifs is 1. The Bertz CT molecular complexity index is 610. The fourth-order valence-corrected chi connectivity index (χ4v) is 2.86. The van der Waals surface area contributed by atoms with E-state index in [9.17, 15) is 4.79 Å². The summed E-state index contributed by atoms with van der Waals surface area (Å²) < 4.78 is 5.58. The first kappa shape index (κ1) is 12.4. The third-order valence-electron chi connectivity index (χ3n) is 3.85. The van der Waals surface area contributed by atoms with Crippen molar-refractivity contribution in [3.05, 3.63) is 47.5 Å². The highest BCUT2D eigenvalue weighted by molar-refractivity contribution is 6.09. The van der Waals surface area contributed by atoms with E-state index in [1.54, 1.807) is 0 Å². The summed E-state index contributed by atoms with van der Waals surface area (Å²) in [4.78, 5) is 12.6. The van der Waals surface area contributed by atoms with E-state index in [0.29, 0.717) is 6.42 Å². The van der Waals surface area contributed by atoms with Gasteiger partial charge in [-0.25, -0.2) is 0 Å². The Balaban J connectivity index is 1.98. The quantitative estimate of drug-likeness (QED) is 0.776. The normalized spacial score (nSPS) is 18.9. The van der Waals surface area contributed by atoms with Crippen molar-refractivity contribution in [3.8, 4) is 0 Å². The van der Waals surface area contributed by atoms with Crippen LogP contribution in [0.4, 0.5) is 0 Å². The van der Waals surface area contributed by atoms with Crippen LogP contribution >= 0.6 is 0 Å². The zero-order chi connectivity index (χ0) is 13.2. The maximum Gasteiger partial charge on any atom is 0.166 e. The lowest BCUT2D eigenvalue weighted by Crippen LogP contribution is -2.14. The smallest absolute Gasteiger partial charge is 0.166 e. The molecule has 2 aromatic carbocycles. The van der Waals surface area contributed by atoms with Gasteiger partial charge >= 0.3 is 0 Å². The van der Waals surface area contributed by atoms with Crippen LogP contribution in [-0.2, 0) is 4.74 Å². The van der Waals surface area contributed by atoms with Crippen LogP contribution in [0.15, 0.2) is 36.4 Å². The molecule has 0 bridgehead atoms. The first-order valence-corrected chi connectivity index (χ1v) is 6.89. The highest BCUT2D eigenvalue weighted by Gasteiger charge is 2.22. The second-order valence-electron chi connectivity index (χ2n) is 5.24. The van der Waals surface area contributed by atoms with Gasteiger partial charge in [-0.2, -0.15) is 0 Å². The summed E-state index contributed by atoms with van der Waals surface area (Å²) in [5, 5.41) is 2.19. The van der Waals surface area contributed by atoms with Crippen molar-refractivity contribution in [3.63, 3.8) is 0 Å². The summed E-state index contributed by atoms with van der Waals surface area (Å²) in [7, 11) is 0. The monoisotopic (exact) mass is 254 g/mol. The number of Topliss-reactive ketones (excluding diaryl/α,β-unsaturated/α-hetero) is 1. The number of aryl methyl sites for hydroxylation is 1. The minimum atomic E-state index is 0.117. The van der Waals surface area contributed by atoms with E-state index < -0.39 is 0 Å². The molecule has 0 saturated carbocycles. The van der Waals surface area contributed by atoms with Gasteiger partial charge in [-0.3, -0.25) is 4.79 Å². The standard InChI is InChI=1S/C17H18O2/c1-12-8-9-13-5-2-3-7-15(13)17(12)16(18)11-14-6-4-10-19-14/h2-3,5,7-9,14H,4,6,10-11H2,1H3. The van der Waals surface area contributed by atoms with Crippen molar-refractivity contribution in [2.75, 3.05) is 6.61 Å². The second-order valence-corrected chi connectivity index (χ2v) is 5.24. The zero-order valence-corrected chi connectivity index (χ0v) is 11.2. The third-order valence-corrected chi connectivity index (χ3v) is 3.85. The van der Waals surface area contributed by atoms with Gasteiger partial charge in [0.15, 0.2) is 5.78 Å². The van der Waals surface area contributed by atoms with Gasteiger partial charge in [0, 0.05) is 18.6 Å². The van der Waals surface area contributed by atoms with E-state index in [-0.39, 0.29) is 11.9 Å². The topological polar surface area (TPSA) is 26.3 Å². The minimum absolute atomic E-state index is 0.117. The molecule has 98 valence electrons. The van der Waals surface area contributed by atoms with E-state index in [1.807, 2.05) is 31.2 Å². The molecule has 2 nitrogen and oxygen atoms in total. The first-order chi connectivity index (χ1) is 9.25. The summed E-state index contributed by atoms with van der Waals surface area (Å²) in [5.41, 5.74) is 1.93. The SMILES string of the molecule is Cc1ccc2ccccc2c1C(=O)CC1CCCO1. The minimum Gasteiger partial charge on any atom is -0.378 e. The van der Waals surface area contributed by atoms with Crippen LogP contribution in [0.2, 0.25) is 0 Å². The van der Waals surface area contributed by atoms with Gasteiger partial charge in [0.1, 0.15) is 0 Å². The fraction of sp³-hybridized carbons (Fsp3) is 0.353. The summed E-state index contributed by atoms with van der Waals surface area (Å²) in [6, 6.07) is 12.2. The molecule has 2 aromatic rings. The number of benzene rings is 2. The molecule has 0 spiro atoms. The van der Waals surface area contributed by atoms with Gasteiger partial charge in [-0.1, -0.05) is 36.4 Å². The van der Waals surface area contributed by atoms with Crippen LogP contribution < -0.4 is 0 Å². The number of hydrogen-bond acceptors (Lipinski definition) is 2. The molecule has 19 heavy (non-hydrogen) atoms. The molecule has 1 saturated heterocycles. The molecule has 1 heterocycles. The number of carbonyl (C=O) groups is 1. The van der Waals surface area contributed by atoms with Gasteiger partial charge < -0.3 is 4.74 Å². The summed E-state index contributed by atoms with van der Waals surface area (Å²) in [6.07, 6.45) is 2.71. The molecule has 0 N–H and O–H groups in total. The van der Waals surface area contributed by atoms with Crippen molar-refractivity contribution in [2.24, 2.45) is 0 Å². The van der Waals surface area contributed by atoms with Crippen molar-refractivity contribution >= 4 is 16.6 Å². The molecule has 1 fully saturated rings. The number of hydrogen-bond donors (Lipinski definition) is 0. The molecule has 1 atom stereocenters. The molecule has 0 amide bonds. The van der Waals surface area contributed by atoms with E-state index >= 15 is 0 Å². The lowest BCUT2D eigenvalue weighted by atomic mass is 9.94. The fourth-order valence-electron chi connectivity index (χ4n) is 2.86. The molecule has 1 aliphatic rings. The van der Waals surface area contributed by atoms with Gasteiger partial charge in [-0.05, 0) is 36.1 Å². The molecular weight excluding hydrogens is 236 g/mol. The van der Waals surface area contributed by atoms with E-state index in [2.05, 4.69) is 12.1 Å². The Morgan fingerprint density at radius 2 is 2.11 bits per heavy atom. The van der Waals surface area contributed by atoms with Crippen molar-refractivity contribution < 1.29 is 9.53 Å². The Labute approximate surface area is 113 Å². The molecular formula is C17H18O2. The van der Waals surface area contributed by atoms with Gasteiger partial charge in [0.05, 0.1) is 6.10 Å². The number of rotatable bonds is 3. The van der Waals surface area contributed by atoms with Crippen LogP contribution in [0.25, 0.3) is 10.8 Å². The Morgan fingerprint density at radius 3 is 2.89 bits per heavy atom. The molecule has 0 aliphatic carbocycles. The van der Waals surface area contributed by atoms with Gasteiger partial charge in [0.25, 0.3) is 0 Å². The Hall–Kier alpha value is -1.67. The van der Waals surface area contributed by atoms with Crippen LogP contribution in [-0.4, -0.2) is 18.5 Å². The van der Waals surface area contributed by atoms with Crippen molar-refractivity contribution in [1.29, 1.82) is 0 Å². The molecule has 3 rings (SSSR count). The molecule has 0 radical (unpaired) electrons. The predicted molar refractivity (Wildman–Crippen MR) is 76.6 cm³/mol. The average Bonchev–Trinajstić information content (AvgIpc) is 2.91. The lowest BCUT2D eigenvalue weighted by Gasteiger charge is -2.12. The second kappa shape index (κ2) is 5.14. The van der Waals surface area contributed by atoms with Crippen LogP contribution in [0.3, 0.4) is 0 Å². The lowest BCUT2D eigenvalue weighted by molar-refractivity contribution is 0.0776. The van der Waals surface area contributed by atoms with Crippen molar-refractivity contribution in [2.45, 2.75) is 32.3 Å². The molecule has 1 aliphatic heterocycles. The van der Waals surface area contributed by atoms with E-state index in [0.717, 1.165) is 41.3 Å². The first-order valence-electron chi connectivity index (χ1n) is 6.89. The molecule has 2 heteroatoms. The highest BCUT2D eigenvalue weighted by Crippen LogP contribution is 2.25. The summed E-state index contributed by atoms with van der Waals surface area (Å²) in [6.45, 7) is 2.81. The van der Waals surface area contributed by atoms with Crippen molar-refractivity contribution in [1.82, 2.24) is 0 Å². The molecule has 0 aromatic heterocycles. The van der Waals surface area contributed by atoms with Crippen LogP contribution in [0.1, 0.15) is 35.2 Å². The van der Waals surface area contributed by atoms with Crippen LogP contribution in [0, 0.1) is 6.92 Å². The Kier molecular flexibility index (Phi) is 3.34. The maximum atomic E-state index is 12.6.